The van der Waals surface area contributed by atoms with Crippen LogP contribution in [0.25, 0.3) is 0 Å². The van der Waals surface area contributed by atoms with E-state index in [4.69, 9.17) is 14.0 Å². The monoisotopic (exact) mass is 535 g/mol. The molecule has 0 saturated carbocycles. The third-order valence-corrected chi connectivity index (χ3v) is 6.93. The first-order chi connectivity index (χ1) is 17.5. The average molecular weight is 535 g/mol. The number of alkyl carbamates (subject to hydrolysis) is 1. The van der Waals surface area contributed by atoms with Gasteiger partial charge in [-0.2, -0.15) is 0 Å². The molecule has 0 bridgehead atoms. The summed E-state index contributed by atoms with van der Waals surface area (Å²) in [6.45, 7) is 12.3. The van der Waals surface area contributed by atoms with Crippen LogP contribution in [0.15, 0.2) is 18.2 Å². The van der Waals surface area contributed by atoms with E-state index in [1.54, 1.807) is 39.0 Å². The van der Waals surface area contributed by atoms with E-state index < -0.39 is 60.6 Å². The zero-order chi connectivity index (χ0) is 28.5. The minimum Gasteiger partial charge on any atom is -0.480 e. The number of ether oxygens (including phenoxy) is 1. The van der Waals surface area contributed by atoms with Gasteiger partial charge in [-0.1, -0.05) is 18.2 Å². The average Bonchev–Trinajstić information content (AvgIpc) is 3.03. The number of rotatable bonds is 7. The maximum atomic E-state index is 13.9. The third kappa shape index (κ3) is 7.24. The van der Waals surface area contributed by atoms with Crippen LogP contribution in [-0.4, -0.2) is 70.6 Å². The van der Waals surface area contributed by atoms with Gasteiger partial charge in [-0.3, -0.25) is 14.6 Å². The van der Waals surface area contributed by atoms with Gasteiger partial charge in [0.15, 0.2) is 0 Å². The summed E-state index contributed by atoms with van der Waals surface area (Å²) in [5, 5.41) is 13.2. The summed E-state index contributed by atoms with van der Waals surface area (Å²) in [6, 6.07) is 3.02. The highest BCUT2D eigenvalue weighted by atomic mass is 19.1. The number of hydrogen-bond donors (Lipinski definition) is 3. The van der Waals surface area contributed by atoms with Crippen molar-refractivity contribution in [3.8, 4) is 0 Å². The number of halogens is 1. The van der Waals surface area contributed by atoms with Crippen LogP contribution in [0, 0.1) is 0 Å². The largest absolute Gasteiger partial charge is 0.494 e. The molecule has 210 valence electrons. The molecule has 2 heterocycles. The molecule has 2 saturated heterocycles. The fourth-order valence-corrected chi connectivity index (χ4v) is 4.30. The maximum Gasteiger partial charge on any atom is 0.494 e. The summed E-state index contributed by atoms with van der Waals surface area (Å²) >= 11 is 0. The number of hydrogen-bond acceptors (Lipinski definition) is 7. The summed E-state index contributed by atoms with van der Waals surface area (Å²) in [6.07, 6.45) is 0.0711. The number of aliphatic carboxylic acids is 1. The first-order valence-electron chi connectivity index (χ1n) is 12.9. The van der Waals surface area contributed by atoms with Crippen LogP contribution in [0.4, 0.5) is 9.18 Å². The predicted octanol–water partition coefficient (Wildman–Crippen LogP) is 2.47. The van der Waals surface area contributed by atoms with Crippen LogP contribution < -0.4 is 16.2 Å². The lowest BCUT2D eigenvalue weighted by Crippen LogP contribution is -2.60. The molecular formula is C26H39BFN3O7. The Morgan fingerprint density at radius 1 is 1.18 bits per heavy atom. The fraction of sp³-hybridized carbons (Fsp3) is 0.654. The Morgan fingerprint density at radius 3 is 2.34 bits per heavy atom. The summed E-state index contributed by atoms with van der Waals surface area (Å²) in [7, 11) is -0.738. The van der Waals surface area contributed by atoms with E-state index in [0.717, 1.165) is 0 Å². The van der Waals surface area contributed by atoms with Crippen LogP contribution in [0.2, 0.25) is 0 Å². The van der Waals surface area contributed by atoms with Crippen LogP contribution >= 0.6 is 0 Å². The van der Waals surface area contributed by atoms with E-state index in [-0.39, 0.29) is 13.0 Å². The third-order valence-electron chi connectivity index (χ3n) is 6.93. The van der Waals surface area contributed by atoms with Gasteiger partial charge in [-0.15, -0.1) is 0 Å². The fourth-order valence-electron chi connectivity index (χ4n) is 4.30. The normalized spacial score (nSPS) is 21.6. The minimum atomic E-state index is -1.11. The van der Waals surface area contributed by atoms with E-state index in [0.29, 0.717) is 29.4 Å². The zero-order valence-electron chi connectivity index (χ0n) is 23.2. The van der Waals surface area contributed by atoms with Gasteiger partial charge in [-0.25, -0.2) is 14.6 Å². The van der Waals surface area contributed by atoms with Crippen LogP contribution in [0.1, 0.15) is 72.4 Å². The Kier molecular flexibility index (Phi) is 8.79. The van der Waals surface area contributed by atoms with Crippen molar-refractivity contribution in [3.05, 3.63) is 29.3 Å². The molecule has 1 aromatic rings. The highest BCUT2D eigenvalue weighted by Gasteiger charge is 2.51. The molecule has 0 radical (unpaired) electrons. The second-order valence-corrected chi connectivity index (χ2v) is 11.9. The van der Waals surface area contributed by atoms with Crippen LogP contribution in [-0.2, 0) is 36.7 Å². The second-order valence-electron chi connectivity index (χ2n) is 11.9. The van der Waals surface area contributed by atoms with Crippen LogP contribution in [0.5, 0.6) is 0 Å². The van der Waals surface area contributed by atoms with Gasteiger partial charge in [0.2, 0.25) is 0 Å². The summed E-state index contributed by atoms with van der Waals surface area (Å²) < 4.78 is 31.5. The summed E-state index contributed by atoms with van der Waals surface area (Å²) in [5.74, 6) is -1.59. The molecule has 3 N–H and O–H groups in total. The molecule has 10 nitrogen and oxygen atoms in total. The van der Waals surface area contributed by atoms with Gasteiger partial charge in [-0.05, 0) is 77.9 Å². The number of carboxylic acid groups (broad SMARTS) is 1. The van der Waals surface area contributed by atoms with Crippen molar-refractivity contribution in [2.24, 2.45) is 0 Å². The van der Waals surface area contributed by atoms with Crippen molar-refractivity contribution in [3.63, 3.8) is 0 Å². The smallest absolute Gasteiger partial charge is 0.480 e. The first kappa shape index (κ1) is 29.9. The molecule has 12 heteroatoms. The van der Waals surface area contributed by atoms with Gasteiger partial charge in [0.1, 0.15) is 24.4 Å². The number of nitrogens with one attached hydrogen (secondary N) is 2. The molecule has 2 fully saturated rings. The number of amides is 2. The van der Waals surface area contributed by atoms with Crippen molar-refractivity contribution in [2.75, 3.05) is 6.54 Å². The van der Waals surface area contributed by atoms with E-state index in [1.165, 1.54) is 5.01 Å². The van der Waals surface area contributed by atoms with Gasteiger partial charge in [0.05, 0.1) is 11.2 Å². The number of carbonyl (C=O) groups is 3. The number of carboxylic acids is 1. The summed E-state index contributed by atoms with van der Waals surface area (Å²) in [5.41, 5.74) is 2.28. The van der Waals surface area contributed by atoms with Gasteiger partial charge < -0.3 is 24.5 Å². The Bertz CT molecular complexity index is 1040. The Hall–Kier alpha value is -2.70. The molecule has 1 aromatic carbocycles. The van der Waals surface area contributed by atoms with Crippen molar-refractivity contribution in [2.45, 2.75) is 103 Å². The second kappa shape index (κ2) is 11.2. The number of alkyl halides is 1. The van der Waals surface area contributed by atoms with Crippen molar-refractivity contribution >= 4 is 30.6 Å². The van der Waals surface area contributed by atoms with E-state index in [1.807, 2.05) is 27.7 Å². The number of carbonyl (C=O) groups excluding carboxylic acids is 2. The predicted molar refractivity (Wildman–Crippen MR) is 139 cm³/mol. The molecule has 0 spiro atoms. The quantitative estimate of drug-likeness (QED) is 0.455. The maximum absolute atomic E-state index is 13.9. The first-order valence-corrected chi connectivity index (χ1v) is 12.9. The molecule has 2 aliphatic heterocycles. The Morgan fingerprint density at radius 2 is 1.79 bits per heavy atom. The topological polar surface area (TPSA) is 126 Å². The number of nitrogens with zero attached hydrogens (tertiary/aromatic N) is 1. The summed E-state index contributed by atoms with van der Waals surface area (Å²) in [4.78, 5) is 37.7. The van der Waals surface area contributed by atoms with Crippen molar-refractivity contribution in [1.29, 1.82) is 0 Å². The molecule has 1 unspecified atom stereocenters. The van der Waals surface area contributed by atoms with Gasteiger partial charge in [0, 0.05) is 13.0 Å². The number of hydrazine groups is 1. The molecule has 0 aliphatic carbocycles. The van der Waals surface area contributed by atoms with Crippen molar-refractivity contribution < 1.29 is 37.9 Å². The van der Waals surface area contributed by atoms with Crippen LogP contribution in [0.3, 0.4) is 0 Å². The van der Waals surface area contributed by atoms with Gasteiger partial charge >= 0.3 is 19.2 Å². The van der Waals surface area contributed by atoms with E-state index >= 15 is 0 Å². The molecule has 2 atom stereocenters. The lowest BCUT2D eigenvalue weighted by molar-refractivity contribution is -0.147. The molecule has 3 rings (SSSR count). The molecule has 2 amide bonds. The minimum absolute atomic E-state index is 0.00827. The SMILES string of the molecule is CC(C)(C)OC(=O)NC(Cc1cc(CF)cc(B2OC(C)(C)C(C)(C)O2)c1)C(=O)N1CCC[C@@H](C(=O)O)N1. The molecule has 2 aliphatic rings. The molecular weight excluding hydrogens is 496 g/mol. The van der Waals surface area contributed by atoms with Gasteiger partial charge in [0.25, 0.3) is 5.91 Å². The lowest BCUT2D eigenvalue weighted by Gasteiger charge is -2.34. The van der Waals surface area contributed by atoms with Crippen molar-refractivity contribution in [1.82, 2.24) is 15.8 Å². The number of benzene rings is 1. The Labute approximate surface area is 223 Å². The highest BCUT2D eigenvalue weighted by molar-refractivity contribution is 6.62. The molecule has 38 heavy (non-hydrogen) atoms. The van der Waals surface area contributed by atoms with E-state index in [9.17, 15) is 23.9 Å². The van der Waals surface area contributed by atoms with E-state index in [2.05, 4.69) is 10.7 Å². The standard InChI is InChI=1S/C26H39BFN3O7/c1-24(2,3)36-23(35)29-20(21(32)31-10-8-9-19(30-31)22(33)34)14-16-11-17(15-28)13-18(12-16)27-37-25(4,5)26(6,7)38-27/h11-13,19-20,30H,8-10,14-15H2,1-7H3,(H,29,35)(H,33,34)/t19-,20?/m0/s1. The molecule has 0 aromatic heterocycles. The lowest BCUT2D eigenvalue weighted by atomic mass is 9.77. The zero-order valence-corrected chi connectivity index (χ0v) is 23.2. The Balaban J connectivity index is 1.89. The highest BCUT2D eigenvalue weighted by Crippen LogP contribution is 2.36.